The highest BCUT2D eigenvalue weighted by Crippen LogP contribution is 2.38. The van der Waals surface area contributed by atoms with Gasteiger partial charge < -0.3 is 10.1 Å². The van der Waals surface area contributed by atoms with Crippen molar-refractivity contribution >= 4 is 76.8 Å². The molecule has 0 aliphatic carbocycles. The Morgan fingerprint density at radius 3 is 2.17 bits per heavy atom. The molecule has 0 fully saturated rings. The maximum atomic E-state index is 12.7. The van der Waals surface area contributed by atoms with Gasteiger partial charge in [0, 0.05) is 15.0 Å². The fourth-order valence-corrected chi connectivity index (χ4v) is 5.06. The summed E-state index contributed by atoms with van der Waals surface area (Å²) < 4.78 is 7.25. The number of aryl methyl sites for hydroxylation is 1. The van der Waals surface area contributed by atoms with Gasteiger partial charge in [0.1, 0.15) is 17.4 Å². The SMILES string of the molecule is Cc1cc(Br)c(NC(=O)/C(C#N)=C/c2ccc(Oc3ccc([N+](=O)[O-])cc3[N+](=O)[O-])c(Br)c2)c(Br)c1. The van der Waals surface area contributed by atoms with Crippen molar-refractivity contribution in [3.63, 3.8) is 0 Å². The lowest BCUT2D eigenvalue weighted by Crippen LogP contribution is -2.14. The van der Waals surface area contributed by atoms with E-state index in [9.17, 15) is 30.3 Å². The van der Waals surface area contributed by atoms with Gasteiger partial charge in [-0.15, -0.1) is 0 Å². The Hall–Kier alpha value is -3.60. The molecule has 0 heterocycles. The van der Waals surface area contributed by atoms with E-state index < -0.39 is 27.1 Å². The molecule has 0 saturated heterocycles. The molecule has 1 N–H and O–H groups in total. The van der Waals surface area contributed by atoms with Crippen molar-refractivity contribution in [2.75, 3.05) is 5.32 Å². The summed E-state index contributed by atoms with van der Waals surface area (Å²) in [5.41, 5.74) is 0.732. The van der Waals surface area contributed by atoms with Crippen molar-refractivity contribution in [2.24, 2.45) is 0 Å². The lowest BCUT2D eigenvalue weighted by atomic mass is 10.1. The molecule has 0 aromatic heterocycles. The average molecular weight is 681 g/mol. The molecule has 36 heavy (non-hydrogen) atoms. The minimum atomic E-state index is -0.782. The highest BCUT2D eigenvalue weighted by molar-refractivity contribution is 9.11. The van der Waals surface area contributed by atoms with Crippen LogP contribution in [0.3, 0.4) is 0 Å². The third-order valence-corrected chi connectivity index (χ3v) is 6.50. The van der Waals surface area contributed by atoms with E-state index in [-0.39, 0.29) is 17.1 Å². The Balaban J connectivity index is 1.86. The zero-order valence-electron chi connectivity index (χ0n) is 18.1. The number of ether oxygens (including phenoxy) is 1. The number of nitriles is 1. The van der Waals surface area contributed by atoms with Crippen molar-refractivity contribution < 1.29 is 19.4 Å². The molecular formula is C23H13Br3N4O6. The molecule has 0 saturated carbocycles. The second kappa shape index (κ2) is 11.4. The van der Waals surface area contributed by atoms with Crippen LogP contribution in [0.5, 0.6) is 11.5 Å². The highest BCUT2D eigenvalue weighted by atomic mass is 79.9. The van der Waals surface area contributed by atoms with E-state index in [1.807, 2.05) is 25.1 Å². The molecule has 182 valence electrons. The third kappa shape index (κ3) is 6.34. The maximum absolute atomic E-state index is 12.7. The molecule has 0 atom stereocenters. The lowest BCUT2D eigenvalue weighted by Gasteiger charge is -2.11. The average Bonchev–Trinajstić information content (AvgIpc) is 2.81. The van der Waals surface area contributed by atoms with Crippen molar-refractivity contribution in [3.8, 4) is 17.6 Å². The van der Waals surface area contributed by atoms with Crippen LogP contribution in [0, 0.1) is 38.5 Å². The standard InChI is InChI=1S/C23H13Br3N4O6/c1-12-6-17(25)22(18(26)7-12)28-23(31)14(11-27)8-13-2-4-20(16(24)9-13)36-21-5-3-15(29(32)33)10-19(21)30(34)35/h2-10H,1H3,(H,28,31)/b14-8+. The molecule has 3 rings (SSSR count). The minimum absolute atomic E-state index is 0.166. The van der Waals surface area contributed by atoms with E-state index >= 15 is 0 Å². The molecule has 0 bridgehead atoms. The maximum Gasteiger partial charge on any atom is 0.318 e. The van der Waals surface area contributed by atoms with Crippen LogP contribution in [0.1, 0.15) is 11.1 Å². The van der Waals surface area contributed by atoms with Crippen molar-refractivity contribution in [1.29, 1.82) is 5.26 Å². The smallest absolute Gasteiger partial charge is 0.318 e. The fourth-order valence-electron chi connectivity index (χ4n) is 2.97. The number of benzene rings is 3. The molecule has 3 aromatic rings. The molecular weight excluding hydrogens is 668 g/mol. The number of amides is 1. The van der Waals surface area contributed by atoms with E-state index in [1.165, 1.54) is 12.1 Å². The van der Waals surface area contributed by atoms with Gasteiger partial charge in [-0.25, -0.2) is 0 Å². The molecule has 3 aromatic carbocycles. The number of nitrogens with zero attached hydrogens (tertiary/aromatic N) is 3. The number of hydrogen-bond donors (Lipinski definition) is 1. The summed E-state index contributed by atoms with van der Waals surface area (Å²) in [6, 6.07) is 13.1. The zero-order valence-corrected chi connectivity index (χ0v) is 22.9. The van der Waals surface area contributed by atoms with E-state index in [0.717, 1.165) is 23.8 Å². The molecule has 13 heteroatoms. The fraction of sp³-hybridized carbons (Fsp3) is 0.0435. The van der Waals surface area contributed by atoms with E-state index in [4.69, 9.17) is 4.74 Å². The van der Waals surface area contributed by atoms with E-state index in [2.05, 4.69) is 53.1 Å². The summed E-state index contributed by atoms with van der Waals surface area (Å²) >= 11 is 10.1. The normalized spacial score (nSPS) is 10.9. The molecule has 1 amide bonds. The van der Waals surface area contributed by atoms with Gasteiger partial charge in [0.05, 0.1) is 26.1 Å². The van der Waals surface area contributed by atoms with Crippen LogP contribution in [-0.4, -0.2) is 15.8 Å². The Bertz CT molecular complexity index is 1460. The molecule has 0 aliphatic heterocycles. The number of nitro groups is 2. The van der Waals surface area contributed by atoms with Crippen LogP contribution in [0.25, 0.3) is 6.08 Å². The van der Waals surface area contributed by atoms with Gasteiger partial charge >= 0.3 is 5.69 Å². The van der Waals surface area contributed by atoms with Gasteiger partial charge in [0.25, 0.3) is 11.6 Å². The highest BCUT2D eigenvalue weighted by Gasteiger charge is 2.22. The van der Waals surface area contributed by atoms with Crippen LogP contribution in [0.4, 0.5) is 17.1 Å². The van der Waals surface area contributed by atoms with E-state index in [1.54, 1.807) is 12.1 Å². The molecule has 0 aliphatic rings. The van der Waals surface area contributed by atoms with Gasteiger partial charge in [-0.05, 0) is 102 Å². The molecule has 0 unspecified atom stereocenters. The summed E-state index contributed by atoms with van der Waals surface area (Å²) in [6.45, 7) is 1.90. The quantitative estimate of drug-likeness (QED) is 0.118. The summed E-state index contributed by atoms with van der Waals surface area (Å²) in [6.07, 6.45) is 1.37. The Kier molecular flexibility index (Phi) is 8.57. The predicted octanol–water partition coefficient (Wildman–Crippen LogP) is 7.44. The van der Waals surface area contributed by atoms with Crippen molar-refractivity contribution in [2.45, 2.75) is 6.92 Å². The largest absolute Gasteiger partial charge is 0.449 e. The third-order valence-electron chi connectivity index (χ3n) is 4.63. The van der Waals surface area contributed by atoms with Gasteiger partial charge in [-0.1, -0.05) is 6.07 Å². The number of nitro benzene ring substituents is 2. The number of carbonyl (C=O) groups excluding carboxylic acids is 1. The van der Waals surface area contributed by atoms with Gasteiger partial charge in [0.15, 0.2) is 0 Å². The monoisotopic (exact) mass is 678 g/mol. The first-order valence-electron chi connectivity index (χ1n) is 9.79. The minimum Gasteiger partial charge on any atom is -0.449 e. The number of hydrogen-bond acceptors (Lipinski definition) is 7. The van der Waals surface area contributed by atoms with Crippen LogP contribution in [0.15, 0.2) is 67.5 Å². The Labute approximate surface area is 229 Å². The first-order valence-corrected chi connectivity index (χ1v) is 12.2. The topological polar surface area (TPSA) is 148 Å². The number of halogens is 3. The number of anilines is 1. The van der Waals surface area contributed by atoms with Gasteiger partial charge in [-0.2, -0.15) is 5.26 Å². The second-order valence-electron chi connectivity index (χ2n) is 7.19. The molecule has 0 spiro atoms. The first-order chi connectivity index (χ1) is 17.0. The van der Waals surface area contributed by atoms with Crippen LogP contribution >= 0.6 is 47.8 Å². The molecule has 10 nitrogen and oxygen atoms in total. The number of nitrogens with one attached hydrogen (secondary N) is 1. The van der Waals surface area contributed by atoms with Crippen LogP contribution in [0.2, 0.25) is 0 Å². The zero-order chi connectivity index (χ0) is 26.6. The summed E-state index contributed by atoms with van der Waals surface area (Å²) in [5.74, 6) is -0.638. The number of non-ortho nitro benzene ring substituents is 1. The second-order valence-corrected chi connectivity index (χ2v) is 9.75. The van der Waals surface area contributed by atoms with Crippen molar-refractivity contribution in [1.82, 2.24) is 0 Å². The van der Waals surface area contributed by atoms with Crippen LogP contribution in [-0.2, 0) is 4.79 Å². The first kappa shape index (κ1) is 27.0. The van der Waals surface area contributed by atoms with Gasteiger partial charge in [0.2, 0.25) is 5.75 Å². The Morgan fingerprint density at radius 2 is 1.61 bits per heavy atom. The summed E-state index contributed by atoms with van der Waals surface area (Å²) in [5, 5.41) is 34.5. The lowest BCUT2D eigenvalue weighted by molar-refractivity contribution is -0.394. The summed E-state index contributed by atoms with van der Waals surface area (Å²) in [4.78, 5) is 33.5. The Morgan fingerprint density at radius 1 is 0.972 bits per heavy atom. The van der Waals surface area contributed by atoms with Crippen LogP contribution < -0.4 is 10.1 Å². The summed E-state index contributed by atoms with van der Waals surface area (Å²) in [7, 11) is 0. The number of carbonyl (C=O) groups is 1. The van der Waals surface area contributed by atoms with E-state index in [0.29, 0.717) is 24.7 Å². The predicted molar refractivity (Wildman–Crippen MR) is 143 cm³/mol. The van der Waals surface area contributed by atoms with Crippen molar-refractivity contribution in [3.05, 3.63) is 98.9 Å². The van der Waals surface area contributed by atoms with Gasteiger partial charge in [-0.3, -0.25) is 25.0 Å². The number of rotatable bonds is 7. The molecule has 0 radical (unpaired) electrons.